The van der Waals surface area contributed by atoms with Gasteiger partial charge in [-0.2, -0.15) is 0 Å². The molecule has 0 aliphatic carbocycles. The first-order chi connectivity index (χ1) is 9.04. The number of benzene rings is 1. The SMILES string of the molecule is CCc1ccccc1-c1nc(C(=O)O)c(C(C)=O)s1. The zero-order valence-electron chi connectivity index (χ0n) is 10.6. The smallest absolute Gasteiger partial charge is 0.356 e. The molecular weight excluding hydrogens is 262 g/mol. The van der Waals surface area contributed by atoms with Crippen molar-refractivity contribution in [1.29, 1.82) is 0 Å². The number of carboxylic acid groups (broad SMARTS) is 1. The summed E-state index contributed by atoms with van der Waals surface area (Å²) >= 11 is 1.14. The largest absolute Gasteiger partial charge is 0.476 e. The number of hydrogen-bond donors (Lipinski definition) is 1. The van der Waals surface area contributed by atoms with Crippen LogP contribution in [0.1, 0.15) is 39.6 Å². The number of carbonyl (C=O) groups is 2. The van der Waals surface area contributed by atoms with Crippen LogP contribution in [0, 0.1) is 0 Å². The van der Waals surface area contributed by atoms with Gasteiger partial charge in [-0.15, -0.1) is 11.3 Å². The van der Waals surface area contributed by atoms with Gasteiger partial charge in [-0.25, -0.2) is 9.78 Å². The van der Waals surface area contributed by atoms with Gasteiger partial charge in [-0.1, -0.05) is 31.2 Å². The zero-order valence-corrected chi connectivity index (χ0v) is 11.5. The molecule has 0 saturated heterocycles. The summed E-state index contributed by atoms with van der Waals surface area (Å²) in [5, 5.41) is 9.68. The molecule has 0 fully saturated rings. The van der Waals surface area contributed by atoms with Crippen LogP contribution in [-0.4, -0.2) is 21.8 Å². The van der Waals surface area contributed by atoms with Crippen LogP contribution in [0.15, 0.2) is 24.3 Å². The normalized spacial score (nSPS) is 10.4. The van der Waals surface area contributed by atoms with E-state index in [9.17, 15) is 9.59 Å². The first-order valence-electron chi connectivity index (χ1n) is 5.88. The monoisotopic (exact) mass is 275 g/mol. The Bertz CT molecular complexity index is 614. The number of hydrogen-bond acceptors (Lipinski definition) is 4. The van der Waals surface area contributed by atoms with E-state index in [2.05, 4.69) is 4.98 Å². The van der Waals surface area contributed by atoms with E-state index in [1.807, 2.05) is 31.2 Å². The molecule has 0 aliphatic rings. The quantitative estimate of drug-likeness (QED) is 0.869. The average molecular weight is 275 g/mol. The maximum Gasteiger partial charge on any atom is 0.356 e. The maximum atomic E-state index is 11.5. The molecule has 4 nitrogen and oxygen atoms in total. The molecule has 2 aromatic rings. The van der Waals surface area contributed by atoms with Crippen molar-refractivity contribution in [1.82, 2.24) is 4.98 Å². The van der Waals surface area contributed by atoms with Crippen LogP contribution in [-0.2, 0) is 6.42 Å². The molecule has 1 aromatic carbocycles. The topological polar surface area (TPSA) is 67.3 Å². The fourth-order valence-electron chi connectivity index (χ4n) is 1.86. The second-order valence-electron chi connectivity index (χ2n) is 4.07. The highest BCUT2D eigenvalue weighted by Gasteiger charge is 2.21. The maximum absolute atomic E-state index is 11.5. The van der Waals surface area contributed by atoms with Crippen molar-refractivity contribution in [2.45, 2.75) is 20.3 Å². The van der Waals surface area contributed by atoms with Crippen LogP contribution in [0.2, 0.25) is 0 Å². The zero-order chi connectivity index (χ0) is 14.0. The van der Waals surface area contributed by atoms with Gasteiger partial charge in [-0.05, 0) is 12.0 Å². The number of aromatic nitrogens is 1. The van der Waals surface area contributed by atoms with E-state index in [1.54, 1.807) is 0 Å². The molecule has 0 saturated carbocycles. The molecule has 0 spiro atoms. The van der Waals surface area contributed by atoms with Crippen molar-refractivity contribution in [3.8, 4) is 10.6 Å². The van der Waals surface area contributed by atoms with Crippen LogP contribution in [0.4, 0.5) is 0 Å². The number of ketones is 1. The Labute approximate surface area is 114 Å². The third-order valence-corrected chi connectivity index (χ3v) is 3.97. The summed E-state index contributed by atoms with van der Waals surface area (Å²) in [6, 6.07) is 7.68. The second kappa shape index (κ2) is 5.32. The van der Waals surface area contributed by atoms with Gasteiger partial charge in [0.25, 0.3) is 0 Å². The van der Waals surface area contributed by atoms with Gasteiger partial charge in [0.15, 0.2) is 11.5 Å². The molecule has 0 atom stereocenters. The Balaban J connectivity index is 2.61. The fraction of sp³-hybridized carbons (Fsp3) is 0.214. The highest BCUT2D eigenvalue weighted by molar-refractivity contribution is 7.17. The Morgan fingerprint density at radius 3 is 2.53 bits per heavy atom. The molecule has 5 heteroatoms. The number of nitrogens with zero attached hydrogens (tertiary/aromatic N) is 1. The lowest BCUT2D eigenvalue weighted by Gasteiger charge is -2.03. The molecular formula is C14H13NO3S. The van der Waals surface area contributed by atoms with E-state index in [0.29, 0.717) is 5.01 Å². The molecule has 1 N–H and O–H groups in total. The van der Waals surface area contributed by atoms with Crippen molar-refractivity contribution in [3.63, 3.8) is 0 Å². The summed E-state index contributed by atoms with van der Waals surface area (Å²) in [4.78, 5) is 26.9. The molecule has 1 aromatic heterocycles. The summed E-state index contributed by atoms with van der Waals surface area (Å²) in [5.41, 5.74) is 1.83. The number of Topliss-reactive ketones (excluding diaryl/α,β-unsaturated/α-hetero) is 1. The van der Waals surface area contributed by atoms with Gasteiger partial charge in [0, 0.05) is 12.5 Å². The van der Waals surface area contributed by atoms with E-state index in [0.717, 1.165) is 28.9 Å². The number of aryl methyl sites for hydroxylation is 1. The molecule has 19 heavy (non-hydrogen) atoms. The lowest BCUT2D eigenvalue weighted by molar-refractivity contribution is 0.0687. The van der Waals surface area contributed by atoms with E-state index in [-0.39, 0.29) is 16.4 Å². The minimum atomic E-state index is -1.17. The van der Waals surface area contributed by atoms with Crippen LogP contribution < -0.4 is 0 Å². The van der Waals surface area contributed by atoms with Crippen molar-refractivity contribution in [2.75, 3.05) is 0 Å². The number of rotatable bonds is 4. The van der Waals surface area contributed by atoms with Crippen LogP contribution in [0.5, 0.6) is 0 Å². The van der Waals surface area contributed by atoms with Crippen molar-refractivity contribution < 1.29 is 14.7 Å². The number of carbonyl (C=O) groups excluding carboxylic acids is 1. The highest BCUT2D eigenvalue weighted by Crippen LogP contribution is 2.31. The minimum absolute atomic E-state index is 0.154. The van der Waals surface area contributed by atoms with E-state index in [4.69, 9.17) is 5.11 Å². The molecule has 1 heterocycles. The molecule has 0 unspecified atom stereocenters. The molecule has 0 radical (unpaired) electrons. The first kappa shape index (κ1) is 13.4. The van der Waals surface area contributed by atoms with Crippen LogP contribution >= 0.6 is 11.3 Å². The van der Waals surface area contributed by atoms with Gasteiger partial charge >= 0.3 is 5.97 Å². The lowest BCUT2D eigenvalue weighted by Crippen LogP contribution is -2.03. The van der Waals surface area contributed by atoms with Gasteiger partial charge in [-0.3, -0.25) is 4.79 Å². The molecule has 2 rings (SSSR count). The van der Waals surface area contributed by atoms with Crippen LogP contribution in [0.25, 0.3) is 10.6 Å². The van der Waals surface area contributed by atoms with Gasteiger partial charge in [0.05, 0.1) is 0 Å². The Morgan fingerprint density at radius 1 is 1.32 bits per heavy atom. The predicted molar refractivity (Wildman–Crippen MR) is 73.9 cm³/mol. The van der Waals surface area contributed by atoms with Crippen molar-refractivity contribution in [3.05, 3.63) is 40.4 Å². The molecule has 0 bridgehead atoms. The highest BCUT2D eigenvalue weighted by atomic mass is 32.1. The number of aromatic carboxylic acids is 1. The standard InChI is InChI=1S/C14H13NO3S/c1-3-9-6-4-5-7-10(9)13-15-11(14(17)18)12(19-13)8(2)16/h4-7H,3H2,1-2H3,(H,17,18). The number of carboxylic acids is 1. The molecule has 0 aliphatic heterocycles. The van der Waals surface area contributed by atoms with E-state index >= 15 is 0 Å². The Kier molecular flexibility index (Phi) is 3.76. The van der Waals surface area contributed by atoms with Gasteiger partial charge < -0.3 is 5.11 Å². The summed E-state index contributed by atoms with van der Waals surface area (Å²) in [7, 11) is 0. The van der Waals surface area contributed by atoms with Crippen molar-refractivity contribution in [2.24, 2.45) is 0 Å². The van der Waals surface area contributed by atoms with Crippen LogP contribution in [0.3, 0.4) is 0 Å². The summed E-state index contributed by atoms with van der Waals surface area (Å²) < 4.78 is 0. The van der Waals surface area contributed by atoms with E-state index in [1.165, 1.54) is 6.92 Å². The summed E-state index contributed by atoms with van der Waals surface area (Å²) in [5.74, 6) is -1.43. The summed E-state index contributed by atoms with van der Waals surface area (Å²) in [6.07, 6.45) is 0.827. The predicted octanol–water partition coefficient (Wildman–Crippen LogP) is 3.27. The number of thiazole rings is 1. The molecule has 98 valence electrons. The van der Waals surface area contributed by atoms with Gasteiger partial charge in [0.2, 0.25) is 0 Å². The Morgan fingerprint density at radius 2 is 2.00 bits per heavy atom. The third kappa shape index (κ3) is 2.56. The average Bonchev–Trinajstić information content (AvgIpc) is 2.84. The summed E-state index contributed by atoms with van der Waals surface area (Å²) in [6.45, 7) is 3.38. The van der Waals surface area contributed by atoms with Gasteiger partial charge in [0.1, 0.15) is 9.88 Å². The Hall–Kier alpha value is -2.01. The van der Waals surface area contributed by atoms with Crippen molar-refractivity contribution >= 4 is 23.1 Å². The minimum Gasteiger partial charge on any atom is -0.476 e. The lowest BCUT2D eigenvalue weighted by atomic mass is 10.1. The van der Waals surface area contributed by atoms with E-state index < -0.39 is 5.97 Å². The second-order valence-corrected chi connectivity index (χ2v) is 5.07. The fourth-order valence-corrected chi connectivity index (χ4v) is 2.87. The third-order valence-electron chi connectivity index (χ3n) is 2.78. The first-order valence-corrected chi connectivity index (χ1v) is 6.69. The molecule has 0 amide bonds.